The lowest BCUT2D eigenvalue weighted by molar-refractivity contribution is -0.137. The predicted molar refractivity (Wildman–Crippen MR) is 42.2 cm³/mol. The van der Waals surface area contributed by atoms with Gasteiger partial charge in [-0.15, -0.1) is 0 Å². The van der Waals surface area contributed by atoms with E-state index < -0.39 is 5.97 Å². The fourth-order valence-electron chi connectivity index (χ4n) is 1.73. The Labute approximate surface area is 66.6 Å². The zero-order chi connectivity index (χ0) is 8.27. The van der Waals surface area contributed by atoms with E-state index in [1.807, 2.05) is 0 Å². The number of nitrogens with two attached hydrogens (primary N) is 1. The van der Waals surface area contributed by atoms with E-state index in [2.05, 4.69) is 0 Å². The molecule has 1 saturated carbocycles. The molecule has 0 radical (unpaired) electrons. The van der Waals surface area contributed by atoms with Gasteiger partial charge in [-0.05, 0) is 25.2 Å². The van der Waals surface area contributed by atoms with Gasteiger partial charge in [-0.25, -0.2) is 0 Å². The van der Waals surface area contributed by atoms with Crippen LogP contribution in [0.1, 0.15) is 32.1 Å². The average Bonchev–Trinajstić information content (AvgIpc) is 2.31. The van der Waals surface area contributed by atoms with E-state index in [1.165, 1.54) is 6.42 Å². The van der Waals surface area contributed by atoms with Crippen LogP contribution < -0.4 is 5.73 Å². The van der Waals surface area contributed by atoms with Crippen molar-refractivity contribution in [2.45, 2.75) is 38.1 Å². The first-order valence-electron chi connectivity index (χ1n) is 4.17. The Hall–Kier alpha value is -0.570. The summed E-state index contributed by atoms with van der Waals surface area (Å²) in [7, 11) is 0. The Bertz CT molecular complexity index is 147. The summed E-state index contributed by atoms with van der Waals surface area (Å²) in [6.07, 6.45) is 4.40. The zero-order valence-electron chi connectivity index (χ0n) is 6.62. The average molecular weight is 157 g/mol. The highest BCUT2D eigenvalue weighted by atomic mass is 16.4. The van der Waals surface area contributed by atoms with Crippen LogP contribution in [0.15, 0.2) is 0 Å². The maximum Gasteiger partial charge on any atom is 0.303 e. The number of carboxylic acid groups (broad SMARTS) is 1. The third-order valence-electron chi connectivity index (χ3n) is 2.45. The molecule has 0 aliphatic heterocycles. The Morgan fingerprint density at radius 1 is 1.55 bits per heavy atom. The van der Waals surface area contributed by atoms with Crippen LogP contribution in [0, 0.1) is 5.92 Å². The van der Waals surface area contributed by atoms with E-state index in [4.69, 9.17) is 10.8 Å². The van der Waals surface area contributed by atoms with Crippen LogP contribution in [0.2, 0.25) is 0 Å². The van der Waals surface area contributed by atoms with Crippen molar-refractivity contribution in [1.29, 1.82) is 0 Å². The Kier molecular flexibility index (Phi) is 2.88. The van der Waals surface area contributed by atoms with Crippen LogP contribution in [0.5, 0.6) is 0 Å². The zero-order valence-corrected chi connectivity index (χ0v) is 6.62. The van der Waals surface area contributed by atoms with Gasteiger partial charge in [-0.1, -0.05) is 6.42 Å². The van der Waals surface area contributed by atoms with Gasteiger partial charge in [-0.3, -0.25) is 4.79 Å². The highest BCUT2D eigenvalue weighted by Gasteiger charge is 2.23. The van der Waals surface area contributed by atoms with E-state index in [0.29, 0.717) is 5.92 Å². The summed E-state index contributed by atoms with van der Waals surface area (Å²) in [6, 6.07) is 0.259. The quantitative estimate of drug-likeness (QED) is 0.641. The monoisotopic (exact) mass is 157 g/mol. The lowest BCUT2D eigenvalue weighted by Gasteiger charge is -2.12. The summed E-state index contributed by atoms with van der Waals surface area (Å²) >= 11 is 0. The van der Waals surface area contributed by atoms with E-state index >= 15 is 0 Å². The highest BCUT2D eigenvalue weighted by molar-refractivity contribution is 5.66. The third-order valence-corrected chi connectivity index (χ3v) is 2.45. The minimum absolute atomic E-state index is 0.259. The molecular weight excluding hydrogens is 142 g/mol. The minimum atomic E-state index is -0.705. The summed E-state index contributed by atoms with van der Waals surface area (Å²) in [4.78, 5) is 10.2. The number of aliphatic carboxylic acids is 1. The molecule has 1 fully saturated rings. The molecule has 1 aliphatic rings. The first-order valence-corrected chi connectivity index (χ1v) is 4.17. The van der Waals surface area contributed by atoms with Gasteiger partial charge in [0.1, 0.15) is 0 Å². The van der Waals surface area contributed by atoms with Crippen molar-refractivity contribution in [3.05, 3.63) is 0 Å². The molecule has 3 nitrogen and oxygen atoms in total. The molecule has 0 bridgehead atoms. The molecule has 0 aromatic rings. The SMILES string of the molecule is NC1CCCC1CCC(=O)O. The number of hydrogen-bond donors (Lipinski definition) is 2. The largest absolute Gasteiger partial charge is 0.481 e. The standard InChI is InChI=1S/C8H15NO2/c9-7-3-1-2-6(7)4-5-8(10)11/h6-7H,1-5,9H2,(H,10,11). The molecule has 0 heterocycles. The fraction of sp³-hybridized carbons (Fsp3) is 0.875. The summed E-state index contributed by atoms with van der Waals surface area (Å²) in [5.41, 5.74) is 5.77. The fourth-order valence-corrected chi connectivity index (χ4v) is 1.73. The summed E-state index contributed by atoms with van der Waals surface area (Å²) in [5.74, 6) is -0.241. The van der Waals surface area contributed by atoms with Crippen molar-refractivity contribution in [1.82, 2.24) is 0 Å². The van der Waals surface area contributed by atoms with Crippen LogP contribution in [0.3, 0.4) is 0 Å². The van der Waals surface area contributed by atoms with Crippen LogP contribution in [0.4, 0.5) is 0 Å². The van der Waals surface area contributed by atoms with Gasteiger partial charge in [0.2, 0.25) is 0 Å². The third kappa shape index (κ3) is 2.50. The minimum Gasteiger partial charge on any atom is -0.481 e. The normalized spacial score (nSPS) is 30.6. The molecule has 0 aromatic carbocycles. The molecule has 2 atom stereocenters. The molecule has 1 aliphatic carbocycles. The second-order valence-electron chi connectivity index (χ2n) is 3.29. The molecular formula is C8H15NO2. The lowest BCUT2D eigenvalue weighted by atomic mass is 9.98. The summed E-state index contributed by atoms with van der Waals surface area (Å²) in [5, 5.41) is 8.42. The van der Waals surface area contributed by atoms with Crippen molar-refractivity contribution in [3.63, 3.8) is 0 Å². The molecule has 0 aromatic heterocycles. The summed E-state index contributed by atoms with van der Waals surface area (Å²) < 4.78 is 0. The Balaban J connectivity index is 2.20. The van der Waals surface area contributed by atoms with Gasteiger partial charge in [0.15, 0.2) is 0 Å². The van der Waals surface area contributed by atoms with Crippen molar-refractivity contribution < 1.29 is 9.90 Å². The molecule has 3 N–H and O–H groups in total. The van der Waals surface area contributed by atoms with E-state index in [-0.39, 0.29) is 12.5 Å². The number of rotatable bonds is 3. The molecule has 3 heteroatoms. The number of hydrogen-bond acceptors (Lipinski definition) is 2. The predicted octanol–water partition coefficient (Wildman–Crippen LogP) is 0.979. The van der Waals surface area contributed by atoms with Crippen molar-refractivity contribution >= 4 is 5.97 Å². The van der Waals surface area contributed by atoms with Crippen LogP contribution >= 0.6 is 0 Å². The second kappa shape index (κ2) is 3.72. The molecule has 2 unspecified atom stereocenters. The van der Waals surface area contributed by atoms with Crippen molar-refractivity contribution in [2.24, 2.45) is 11.7 Å². The van der Waals surface area contributed by atoms with Gasteiger partial charge >= 0.3 is 5.97 Å². The molecule has 0 spiro atoms. The molecule has 1 rings (SSSR count). The Morgan fingerprint density at radius 2 is 2.27 bits per heavy atom. The smallest absolute Gasteiger partial charge is 0.303 e. The molecule has 11 heavy (non-hydrogen) atoms. The van der Waals surface area contributed by atoms with Crippen LogP contribution in [-0.2, 0) is 4.79 Å². The number of carboxylic acids is 1. The van der Waals surface area contributed by atoms with E-state index in [1.54, 1.807) is 0 Å². The van der Waals surface area contributed by atoms with Gasteiger partial charge < -0.3 is 10.8 Å². The highest BCUT2D eigenvalue weighted by Crippen LogP contribution is 2.27. The van der Waals surface area contributed by atoms with Crippen molar-refractivity contribution in [2.75, 3.05) is 0 Å². The van der Waals surface area contributed by atoms with Gasteiger partial charge in [0.25, 0.3) is 0 Å². The van der Waals surface area contributed by atoms with Crippen molar-refractivity contribution in [3.8, 4) is 0 Å². The van der Waals surface area contributed by atoms with Gasteiger partial charge in [-0.2, -0.15) is 0 Å². The first-order chi connectivity index (χ1) is 5.20. The Morgan fingerprint density at radius 3 is 2.73 bits per heavy atom. The van der Waals surface area contributed by atoms with Crippen LogP contribution in [0.25, 0.3) is 0 Å². The van der Waals surface area contributed by atoms with Gasteiger partial charge in [0, 0.05) is 12.5 Å². The maximum absolute atomic E-state index is 10.2. The van der Waals surface area contributed by atoms with E-state index in [9.17, 15) is 4.79 Å². The second-order valence-corrected chi connectivity index (χ2v) is 3.29. The maximum atomic E-state index is 10.2. The molecule has 0 amide bonds. The molecule has 64 valence electrons. The first kappa shape index (κ1) is 8.53. The lowest BCUT2D eigenvalue weighted by Crippen LogP contribution is -2.24. The van der Waals surface area contributed by atoms with Gasteiger partial charge in [0.05, 0.1) is 0 Å². The number of carbonyl (C=O) groups is 1. The van der Waals surface area contributed by atoms with Crippen LogP contribution in [-0.4, -0.2) is 17.1 Å². The molecule has 0 saturated heterocycles. The van der Waals surface area contributed by atoms with E-state index in [0.717, 1.165) is 19.3 Å². The summed E-state index contributed by atoms with van der Waals surface area (Å²) in [6.45, 7) is 0. The topological polar surface area (TPSA) is 63.3 Å².